The number of hydrogen-bond acceptors (Lipinski definition) is 3. The summed E-state index contributed by atoms with van der Waals surface area (Å²) in [7, 11) is 1.61. The molecular weight excluding hydrogens is 284 g/mol. The lowest BCUT2D eigenvalue weighted by molar-refractivity contribution is 0.0991. The van der Waals surface area contributed by atoms with Crippen molar-refractivity contribution in [1.82, 2.24) is 0 Å². The van der Waals surface area contributed by atoms with Crippen molar-refractivity contribution in [2.75, 3.05) is 7.11 Å². The molecule has 4 heteroatoms. The van der Waals surface area contributed by atoms with Crippen LogP contribution in [0.2, 0.25) is 0 Å². The predicted molar refractivity (Wildman–Crippen MR) is 67.4 cm³/mol. The van der Waals surface area contributed by atoms with Crippen molar-refractivity contribution in [1.29, 1.82) is 0 Å². The van der Waals surface area contributed by atoms with Gasteiger partial charge in [0.2, 0.25) is 0 Å². The third-order valence-corrected chi connectivity index (χ3v) is 3.06. The van der Waals surface area contributed by atoms with Crippen LogP contribution in [0.15, 0.2) is 45.7 Å². The molecule has 2 rings (SSSR count). The van der Waals surface area contributed by atoms with Gasteiger partial charge < -0.3 is 9.15 Å². The molecule has 2 aromatic rings. The zero-order valence-electron chi connectivity index (χ0n) is 9.27. The average Bonchev–Trinajstić information content (AvgIpc) is 2.76. The minimum Gasteiger partial charge on any atom is -0.497 e. The molecule has 0 radical (unpaired) electrons. The fourth-order valence-electron chi connectivity index (χ4n) is 1.52. The van der Waals surface area contributed by atoms with Crippen LogP contribution in [-0.4, -0.2) is 12.9 Å². The Morgan fingerprint density at radius 2 is 2.00 bits per heavy atom. The van der Waals surface area contributed by atoms with Crippen molar-refractivity contribution >= 4 is 21.7 Å². The van der Waals surface area contributed by atoms with Gasteiger partial charge in [0, 0.05) is 6.42 Å². The second kappa shape index (κ2) is 5.19. The quantitative estimate of drug-likeness (QED) is 0.811. The molecule has 0 fully saturated rings. The van der Waals surface area contributed by atoms with Gasteiger partial charge in [-0.1, -0.05) is 12.1 Å². The normalized spacial score (nSPS) is 10.2. The summed E-state index contributed by atoms with van der Waals surface area (Å²) < 4.78 is 10.6. The van der Waals surface area contributed by atoms with E-state index in [0.29, 0.717) is 16.7 Å². The number of furan rings is 1. The van der Waals surface area contributed by atoms with Gasteiger partial charge >= 0.3 is 0 Å². The van der Waals surface area contributed by atoms with Crippen molar-refractivity contribution < 1.29 is 13.9 Å². The number of rotatable bonds is 4. The second-order valence-corrected chi connectivity index (χ2v) is 4.28. The highest BCUT2D eigenvalue weighted by atomic mass is 79.9. The summed E-state index contributed by atoms with van der Waals surface area (Å²) in [6.07, 6.45) is 1.84. The minimum atomic E-state index is 0.0239. The topological polar surface area (TPSA) is 39.4 Å². The number of halogens is 1. The number of ketones is 1. The van der Waals surface area contributed by atoms with Crippen LogP contribution in [0.3, 0.4) is 0 Å². The molecule has 0 saturated heterocycles. The van der Waals surface area contributed by atoms with Crippen LogP contribution in [-0.2, 0) is 6.42 Å². The summed E-state index contributed by atoms with van der Waals surface area (Å²) >= 11 is 3.20. The van der Waals surface area contributed by atoms with Gasteiger partial charge in [0.05, 0.1) is 18.9 Å². The molecule has 0 saturated carbocycles. The summed E-state index contributed by atoms with van der Waals surface area (Å²) in [5.41, 5.74) is 1.52. The molecule has 0 unspecified atom stereocenters. The third kappa shape index (κ3) is 2.77. The molecule has 1 heterocycles. The minimum absolute atomic E-state index is 0.0239. The standard InChI is InChI=1S/C13H11BrO3/c1-16-10-4-2-9(3-5-10)8-12(15)11-6-7-17-13(11)14/h2-7H,8H2,1H3. The maximum absolute atomic E-state index is 11.9. The average molecular weight is 295 g/mol. The number of carbonyl (C=O) groups excluding carboxylic acids is 1. The van der Waals surface area contributed by atoms with Gasteiger partial charge in [-0.25, -0.2) is 0 Å². The highest BCUT2D eigenvalue weighted by molar-refractivity contribution is 9.10. The zero-order chi connectivity index (χ0) is 12.3. The van der Waals surface area contributed by atoms with E-state index >= 15 is 0 Å². The first-order valence-electron chi connectivity index (χ1n) is 5.10. The lowest BCUT2D eigenvalue weighted by atomic mass is 10.1. The number of hydrogen-bond donors (Lipinski definition) is 0. The molecule has 0 atom stereocenters. The molecular formula is C13H11BrO3. The SMILES string of the molecule is COc1ccc(CC(=O)c2ccoc2Br)cc1. The summed E-state index contributed by atoms with van der Waals surface area (Å²) in [6, 6.07) is 9.10. The predicted octanol–water partition coefficient (Wildman–Crippen LogP) is 3.48. The molecule has 0 N–H and O–H groups in total. The molecule has 0 aliphatic heterocycles. The van der Waals surface area contributed by atoms with Crippen LogP contribution >= 0.6 is 15.9 Å². The highest BCUT2D eigenvalue weighted by Gasteiger charge is 2.13. The molecule has 17 heavy (non-hydrogen) atoms. The van der Waals surface area contributed by atoms with Crippen molar-refractivity contribution in [3.05, 3.63) is 52.4 Å². The Bertz CT molecular complexity index is 514. The summed E-state index contributed by atoms with van der Waals surface area (Å²) in [5, 5.41) is 0. The Hall–Kier alpha value is -1.55. The first-order chi connectivity index (χ1) is 8.20. The van der Waals surface area contributed by atoms with Crippen LogP contribution in [0.4, 0.5) is 0 Å². The lowest BCUT2D eigenvalue weighted by Gasteiger charge is -2.02. The van der Waals surface area contributed by atoms with E-state index in [0.717, 1.165) is 11.3 Å². The lowest BCUT2D eigenvalue weighted by Crippen LogP contribution is -2.02. The third-order valence-electron chi connectivity index (χ3n) is 2.44. The van der Waals surface area contributed by atoms with E-state index in [1.807, 2.05) is 24.3 Å². The molecule has 88 valence electrons. The van der Waals surface area contributed by atoms with Crippen LogP contribution < -0.4 is 4.74 Å². The molecule has 0 spiro atoms. The van der Waals surface area contributed by atoms with E-state index in [9.17, 15) is 4.79 Å². The van der Waals surface area contributed by atoms with Crippen molar-refractivity contribution in [3.63, 3.8) is 0 Å². The second-order valence-electron chi connectivity index (χ2n) is 3.56. The van der Waals surface area contributed by atoms with Crippen LogP contribution in [0.1, 0.15) is 15.9 Å². The molecule has 3 nitrogen and oxygen atoms in total. The largest absolute Gasteiger partial charge is 0.497 e. The Morgan fingerprint density at radius 3 is 2.53 bits per heavy atom. The fraction of sp³-hybridized carbons (Fsp3) is 0.154. The van der Waals surface area contributed by atoms with E-state index in [1.54, 1.807) is 13.2 Å². The molecule has 0 aliphatic carbocycles. The number of benzene rings is 1. The summed E-state index contributed by atoms with van der Waals surface area (Å²) in [4.78, 5) is 11.9. The van der Waals surface area contributed by atoms with Crippen LogP contribution in [0, 0.1) is 0 Å². The van der Waals surface area contributed by atoms with Crippen LogP contribution in [0.25, 0.3) is 0 Å². The monoisotopic (exact) mass is 294 g/mol. The van der Waals surface area contributed by atoms with Crippen molar-refractivity contribution in [3.8, 4) is 5.75 Å². The first-order valence-corrected chi connectivity index (χ1v) is 5.89. The number of Topliss-reactive ketones (excluding diaryl/α,β-unsaturated/α-hetero) is 1. The fourth-order valence-corrected chi connectivity index (χ4v) is 1.98. The number of carbonyl (C=O) groups is 1. The van der Waals surface area contributed by atoms with Gasteiger partial charge in [-0.2, -0.15) is 0 Å². The Balaban J connectivity index is 2.10. The highest BCUT2D eigenvalue weighted by Crippen LogP contribution is 2.20. The van der Waals surface area contributed by atoms with E-state index < -0.39 is 0 Å². The molecule has 1 aromatic heterocycles. The van der Waals surface area contributed by atoms with Gasteiger partial charge in [-0.15, -0.1) is 0 Å². The maximum Gasteiger partial charge on any atom is 0.179 e. The van der Waals surface area contributed by atoms with E-state index in [1.165, 1.54) is 6.26 Å². The Kier molecular flexibility index (Phi) is 3.64. The van der Waals surface area contributed by atoms with E-state index in [2.05, 4.69) is 15.9 Å². The molecule has 0 aliphatic rings. The first kappa shape index (κ1) is 11.9. The zero-order valence-corrected chi connectivity index (χ0v) is 10.9. The van der Waals surface area contributed by atoms with Gasteiger partial charge in [0.25, 0.3) is 0 Å². The number of ether oxygens (including phenoxy) is 1. The summed E-state index contributed by atoms with van der Waals surface area (Å²) in [5.74, 6) is 0.807. The van der Waals surface area contributed by atoms with Gasteiger partial charge in [0.1, 0.15) is 5.75 Å². The molecule has 0 amide bonds. The van der Waals surface area contributed by atoms with Gasteiger partial charge in [-0.3, -0.25) is 4.79 Å². The molecule has 1 aromatic carbocycles. The summed E-state index contributed by atoms with van der Waals surface area (Å²) in [6.45, 7) is 0. The van der Waals surface area contributed by atoms with Gasteiger partial charge in [-0.05, 0) is 39.7 Å². The smallest absolute Gasteiger partial charge is 0.179 e. The Morgan fingerprint density at radius 1 is 1.29 bits per heavy atom. The van der Waals surface area contributed by atoms with Gasteiger partial charge in [0.15, 0.2) is 10.5 Å². The Labute approximate surface area is 108 Å². The van der Waals surface area contributed by atoms with E-state index in [4.69, 9.17) is 9.15 Å². The van der Waals surface area contributed by atoms with Crippen LogP contribution in [0.5, 0.6) is 5.75 Å². The molecule has 0 bridgehead atoms. The van der Waals surface area contributed by atoms with Crippen molar-refractivity contribution in [2.45, 2.75) is 6.42 Å². The number of methoxy groups -OCH3 is 1. The maximum atomic E-state index is 11.9. The van der Waals surface area contributed by atoms with E-state index in [-0.39, 0.29) is 5.78 Å². The van der Waals surface area contributed by atoms with Crippen molar-refractivity contribution in [2.24, 2.45) is 0 Å².